The zero-order chi connectivity index (χ0) is 16.9. The number of nitrogens with zero attached hydrogens (tertiary/aromatic N) is 1. The Kier molecular flexibility index (Phi) is 5.52. The van der Waals surface area contributed by atoms with Crippen LogP contribution in [0.3, 0.4) is 0 Å². The molecule has 0 saturated carbocycles. The quantitative estimate of drug-likeness (QED) is 0.843. The van der Waals surface area contributed by atoms with E-state index in [1.165, 1.54) is 4.31 Å². The van der Waals surface area contributed by atoms with Crippen molar-refractivity contribution >= 4 is 15.9 Å². The summed E-state index contributed by atoms with van der Waals surface area (Å²) in [6, 6.07) is 15.9. The molecule has 0 aliphatic heterocycles. The average molecular weight is 332 g/mol. The Bertz CT molecular complexity index is 756. The van der Waals surface area contributed by atoms with Crippen LogP contribution in [0.15, 0.2) is 59.5 Å². The fourth-order valence-corrected chi connectivity index (χ4v) is 3.59. The van der Waals surface area contributed by atoms with E-state index < -0.39 is 15.9 Å². The second-order valence-electron chi connectivity index (χ2n) is 5.35. The lowest BCUT2D eigenvalue weighted by atomic mass is 10.2. The van der Waals surface area contributed by atoms with Crippen LogP contribution < -0.4 is 5.73 Å². The van der Waals surface area contributed by atoms with Gasteiger partial charge in [0.2, 0.25) is 15.9 Å². The number of primary amides is 1. The Morgan fingerprint density at radius 2 is 1.65 bits per heavy atom. The lowest BCUT2D eigenvalue weighted by Gasteiger charge is -2.22. The second-order valence-corrected chi connectivity index (χ2v) is 7.29. The summed E-state index contributed by atoms with van der Waals surface area (Å²) in [5.41, 5.74) is 7.01. The van der Waals surface area contributed by atoms with Gasteiger partial charge in [0.1, 0.15) is 0 Å². The van der Waals surface area contributed by atoms with Crippen LogP contribution in [0.1, 0.15) is 17.5 Å². The first-order valence-corrected chi connectivity index (χ1v) is 8.72. The number of hydrogen-bond donors (Lipinski definition) is 1. The zero-order valence-corrected chi connectivity index (χ0v) is 13.8. The SMILES string of the molecule is Cc1ccc(S(=O)(=O)N(CCC(N)=O)Cc2ccccc2)cc1. The van der Waals surface area contributed by atoms with Gasteiger partial charge in [0.05, 0.1) is 4.90 Å². The van der Waals surface area contributed by atoms with Gasteiger partial charge in [-0.05, 0) is 24.6 Å². The van der Waals surface area contributed by atoms with E-state index in [2.05, 4.69) is 0 Å². The van der Waals surface area contributed by atoms with Gasteiger partial charge in [-0.15, -0.1) is 0 Å². The molecule has 0 heterocycles. The first-order valence-electron chi connectivity index (χ1n) is 7.28. The third kappa shape index (κ3) is 4.64. The summed E-state index contributed by atoms with van der Waals surface area (Å²) in [6.07, 6.45) is -0.0159. The molecule has 0 spiro atoms. The number of sulfonamides is 1. The van der Waals surface area contributed by atoms with Crippen LogP contribution in [0.2, 0.25) is 0 Å². The van der Waals surface area contributed by atoms with Crippen LogP contribution in [0.5, 0.6) is 0 Å². The molecular weight excluding hydrogens is 312 g/mol. The minimum Gasteiger partial charge on any atom is -0.370 e. The molecule has 0 aromatic heterocycles. The van der Waals surface area contributed by atoms with Crippen LogP contribution in [0, 0.1) is 6.92 Å². The Balaban J connectivity index is 2.31. The Morgan fingerprint density at radius 1 is 1.04 bits per heavy atom. The molecule has 2 aromatic rings. The molecule has 0 unspecified atom stereocenters. The number of aryl methyl sites for hydroxylation is 1. The van der Waals surface area contributed by atoms with E-state index >= 15 is 0 Å². The van der Waals surface area contributed by atoms with Crippen molar-refractivity contribution in [1.82, 2.24) is 4.31 Å². The molecule has 0 fully saturated rings. The summed E-state index contributed by atoms with van der Waals surface area (Å²) < 4.78 is 27.0. The van der Waals surface area contributed by atoms with Gasteiger partial charge in [0.15, 0.2) is 0 Å². The number of carbonyl (C=O) groups excluding carboxylic acids is 1. The minimum absolute atomic E-state index is 0.0159. The average Bonchev–Trinajstić information content (AvgIpc) is 2.52. The van der Waals surface area contributed by atoms with Crippen molar-refractivity contribution in [3.05, 3.63) is 65.7 Å². The highest BCUT2D eigenvalue weighted by atomic mass is 32.2. The number of benzene rings is 2. The maximum atomic E-state index is 12.8. The summed E-state index contributed by atoms with van der Waals surface area (Å²) in [5, 5.41) is 0. The van der Waals surface area contributed by atoms with Gasteiger partial charge in [-0.25, -0.2) is 8.42 Å². The van der Waals surface area contributed by atoms with E-state index in [4.69, 9.17) is 5.73 Å². The fraction of sp³-hybridized carbons (Fsp3) is 0.235. The van der Waals surface area contributed by atoms with Gasteiger partial charge in [-0.1, -0.05) is 48.0 Å². The number of hydrogen-bond acceptors (Lipinski definition) is 3. The Hall–Kier alpha value is -2.18. The molecule has 122 valence electrons. The van der Waals surface area contributed by atoms with Crippen molar-refractivity contribution in [1.29, 1.82) is 0 Å². The summed E-state index contributed by atoms with van der Waals surface area (Å²) in [4.78, 5) is 11.3. The first-order chi connectivity index (χ1) is 10.9. The normalized spacial score (nSPS) is 11.6. The summed E-state index contributed by atoms with van der Waals surface area (Å²) in [6.45, 7) is 2.15. The fourth-order valence-electron chi connectivity index (χ4n) is 2.17. The molecule has 1 amide bonds. The molecule has 0 radical (unpaired) electrons. The van der Waals surface area contributed by atoms with Crippen LogP contribution in [0.25, 0.3) is 0 Å². The van der Waals surface area contributed by atoms with Crippen LogP contribution in [-0.4, -0.2) is 25.2 Å². The minimum atomic E-state index is -3.69. The molecule has 0 saturated heterocycles. The molecule has 0 bridgehead atoms. The maximum Gasteiger partial charge on any atom is 0.243 e. The van der Waals surface area contributed by atoms with Gasteiger partial charge in [0, 0.05) is 19.5 Å². The van der Waals surface area contributed by atoms with E-state index in [9.17, 15) is 13.2 Å². The number of carbonyl (C=O) groups is 1. The van der Waals surface area contributed by atoms with E-state index in [-0.39, 0.29) is 24.4 Å². The highest BCUT2D eigenvalue weighted by Gasteiger charge is 2.24. The van der Waals surface area contributed by atoms with E-state index in [1.54, 1.807) is 24.3 Å². The standard InChI is InChI=1S/C17H20N2O3S/c1-14-7-9-16(10-8-14)23(21,22)19(12-11-17(18)20)13-15-5-3-2-4-6-15/h2-10H,11-13H2,1H3,(H2,18,20). The topological polar surface area (TPSA) is 80.5 Å². The van der Waals surface area contributed by atoms with E-state index in [0.29, 0.717) is 0 Å². The molecule has 0 aliphatic carbocycles. The predicted molar refractivity (Wildman–Crippen MR) is 89.0 cm³/mol. The van der Waals surface area contributed by atoms with Crippen molar-refractivity contribution in [3.8, 4) is 0 Å². The predicted octanol–water partition coefficient (Wildman–Crippen LogP) is 2.06. The van der Waals surface area contributed by atoms with Crippen LogP contribution in [0.4, 0.5) is 0 Å². The zero-order valence-electron chi connectivity index (χ0n) is 13.0. The smallest absolute Gasteiger partial charge is 0.243 e. The molecule has 0 aliphatic rings. The third-order valence-corrected chi connectivity index (χ3v) is 5.33. The van der Waals surface area contributed by atoms with Crippen molar-refractivity contribution in [2.45, 2.75) is 24.8 Å². The highest BCUT2D eigenvalue weighted by molar-refractivity contribution is 7.89. The molecule has 23 heavy (non-hydrogen) atoms. The lowest BCUT2D eigenvalue weighted by Crippen LogP contribution is -2.33. The Labute approximate surface area is 136 Å². The molecule has 2 aromatic carbocycles. The number of rotatable bonds is 7. The molecule has 0 atom stereocenters. The molecular formula is C17H20N2O3S. The van der Waals surface area contributed by atoms with E-state index in [0.717, 1.165) is 11.1 Å². The van der Waals surface area contributed by atoms with Gasteiger partial charge in [0.25, 0.3) is 0 Å². The van der Waals surface area contributed by atoms with Crippen molar-refractivity contribution in [2.75, 3.05) is 6.54 Å². The largest absolute Gasteiger partial charge is 0.370 e. The molecule has 5 nitrogen and oxygen atoms in total. The highest BCUT2D eigenvalue weighted by Crippen LogP contribution is 2.19. The number of amides is 1. The summed E-state index contributed by atoms with van der Waals surface area (Å²) >= 11 is 0. The lowest BCUT2D eigenvalue weighted by molar-refractivity contribution is -0.118. The summed E-state index contributed by atoms with van der Waals surface area (Å²) in [7, 11) is -3.69. The van der Waals surface area contributed by atoms with E-state index in [1.807, 2.05) is 37.3 Å². The van der Waals surface area contributed by atoms with Crippen molar-refractivity contribution in [3.63, 3.8) is 0 Å². The number of nitrogens with two attached hydrogens (primary N) is 1. The van der Waals surface area contributed by atoms with Crippen LogP contribution >= 0.6 is 0 Å². The van der Waals surface area contributed by atoms with Crippen molar-refractivity contribution in [2.24, 2.45) is 5.73 Å². The van der Waals surface area contributed by atoms with Gasteiger partial charge in [-0.2, -0.15) is 4.31 Å². The molecule has 6 heteroatoms. The second kappa shape index (κ2) is 7.39. The van der Waals surface area contributed by atoms with Gasteiger partial charge < -0.3 is 5.73 Å². The monoisotopic (exact) mass is 332 g/mol. The molecule has 2 rings (SSSR count). The van der Waals surface area contributed by atoms with Crippen molar-refractivity contribution < 1.29 is 13.2 Å². The van der Waals surface area contributed by atoms with Crippen LogP contribution in [-0.2, 0) is 21.4 Å². The summed E-state index contributed by atoms with van der Waals surface area (Å²) in [5.74, 6) is -0.526. The first kappa shape index (κ1) is 17.2. The van der Waals surface area contributed by atoms with Gasteiger partial charge >= 0.3 is 0 Å². The van der Waals surface area contributed by atoms with Gasteiger partial charge in [-0.3, -0.25) is 4.79 Å². The maximum absolute atomic E-state index is 12.8. The Morgan fingerprint density at radius 3 is 2.22 bits per heavy atom. The molecule has 2 N–H and O–H groups in total. The third-order valence-electron chi connectivity index (χ3n) is 3.47.